The van der Waals surface area contributed by atoms with Crippen LogP contribution in [-0.4, -0.2) is 49.0 Å². The number of aryl methyl sites for hydroxylation is 1. The van der Waals surface area contributed by atoms with Gasteiger partial charge < -0.3 is 14.2 Å². The first kappa shape index (κ1) is 23.8. The predicted octanol–water partition coefficient (Wildman–Crippen LogP) is 3.53. The molecule has 1 fully saturated rings. The lowest BCUT2D eigenvalue weighted by atomic mass is 10.2. The molecular formula is C26H28N2O5S. The SMILES string of the molecule is Cc1cc(C(=O)OCC(=O)N(c2ccccc2)C2CCS(=O)(=O)C2)c(C)n1Cc1ccccc1. The maximum Gasteiger partial charge on any atom is 0.340 e. The van der Waals surface area contributed by atoms with Gasteiger partial charge in [0, 0.05) is 23.6 Å². The summed E-state index contributed by atoms with van der Waals surface area (Å²) in [6, 6.07) is 20.1. The lowest BCUT2D eigenvalue weighted by Crippen LogP contribution is -2.43. The molecule has 1 aromatic heterocycles. The maximum atomic E-state index is 13.1. The van der Waals surface area contributed by atoms with Crippen molar-refractivity contribution in [2.75, 3.05) is 23.0 Å². The number of aromatic nitrogens is 1. The van der Waals surface area contributed by atoms with Gasteiger partial charge >= 0.3 is 5.97 Å². The number of ether oxygens (including phenoxy) is 1. The summed E-state index contributed by atoms with van der Waals surface area (Å²) in [5.41, 5.74) is 3.80. The Morgan fingerprint density at radius 2 is 1.68 bits per heavy atom. The second-order valence-electron chi connectivity index (χ2n) is 8.59. The molecule has 1 amide bonds. The van der Waals surface area contributed by atoms with Gasteiger partial charge in [-0.1, -0.05) is 48.5 Å². The summed E-state index contributed by atoms with van der Waals surface area (Å²) in [6.45, 7) is 3.94. The zero-order valence-corrected chi connectivity index (χ0v) is 20.1. The number of benzene rings is 2. The molecule has 8 heteroatoms. The highest BCUT2D eigenvalue weighted by Crippen LogP contribution is 2.25. The van der Waals surface area contributed by atoms with Gasteiger partial charge in [0.15, 0.2) is 16.4 Å². The zero-order chi connectivity index (χ0) is 24.3. The molecule has 2 aromatic carbocycles. The highest BCUT2D eigenvalue weighted by Gasteiger charge is 2.36. The fourth-order valence-corrected chi connectivity index (χ4v) is 6.12. The minimum Gasteiger partial charge on any atom is -0.452 e. The highest BCUT2D eigenvalue weighted by atomic mass is 32.2. The van der Waals surface area contributed by atoms with Gasteiger partial charge in [-0.15, -0.1) is 0 Å². The van der Waals surface area contributed by atoms with Crippen molar-refractivity contribution in [1.82, 2.24) is 4.57 Å². The molecule has 4 rings (SSSR count). The van der Waals surface area contributed by atoms with Crippen LogP contribution in [0.4, 0.5) is 5.69 Å². The second kappa shape index (κ2) is 9.85. The van der Waals surface area contributed by atoms with Crippen LogP contribution in [0.15, 0.2) is 66.7 Å². The molecule has 0 radical (unpaired) electrons. The molecule has 1 aliphatic rings. The van der Waals surface area contributed by atoms with Gasteiger partial charge in [-0.3, -0.25) is 4.79 Å². The van der Waals surface area contributed by atoms with Crippen molar-refractivity contribution < 1.29 is 22.7 Å². The van der Waals surface area contributed by atoms with Gasteiger partial charge in [-0.2, -0.15) is 0 Å². The first-order valence-corrected chi connectivity index (χ1v) is 13.0. The van der Waals surface area contributed by atoms with Crippen LogP contribution in [0.25, 0.3) is 0 Å². The molecular weight excluding hydrogens is 452 g/mol. The van der Waals surface area contributed by atoms with E-state index in [1.165, 1.54) is 4.90 Å². The number of hydrogen-bond acceptors (Lipinski definition) is 5. The Hall–Kier alpha value is -3.39. The summed E-state index contributed by atoms with van der Waals surface area (Å²) in [5.74, 6) is -1.07. The Morgan fingerprint density at radius 3 is 2.29 bits per heavy atom. The average molecular weight is 481 g/mol. The molecule has 0 bridgehead atoms. The molecule has 1 atom stereocenters. The second-order valence-corrected chi connectivity index (χ2v) is 10.8. The van der Waals surface area contributed by atoms with Crippen molar-refractivity contribution in [1.29, 1.82) is 0 Å². The van der Waals surface area contributed by atoms with Crippen molar-refractivity contribution in [3.05, 3.63) is 89.2 Å². The fourth-order valence-electron chi connectivity index (χ4n) is 4.42. The van der Waals surface area contributed by atoms with Crippen molar-refractivity contribution in [3.63, 3.8) is 0 Å². The van der Waals surface area contributed by atoms with Crippen LogP contribution in [0.2, 0.25) is 0 Å². The Balaban J connectivity index is 1.48. The quantitative estimate of drug-likeness (QED) is 0.483. The molecule has 0 N–H and O–H groups in total. The van der Waals surface area contributed by atoms with Crippen molar-refractivity contribution in [3.8, 4) is 0 Å². The number of sulfone groups is 1. The zero-order valence-electron chi connectivity index (χ0n) is 19.3. The van der Waals surface area contributed by atoms with E-state index in [4.69, 9.17) is 4.74 Å². The summed E-state index contributed by atoms with van der Waals surface area (Å²) >= 11 is 0. The summed E-state index contributed by atoms with van der Waals surface area (Å²) in [4.78, 5) is 27.4. The number of anilines is 1. The monoisotopic (exact) mass is 480 g/mol. The van der Waals surface area contributed by atoms with Crippen LogP contribution in [0.1, 0.15) is 33.7 Å². The number of esters is 1. The topological polar surface area (TPSA) is 85.7 Å². The molecule has 34 heavy (non-hydrogen) atoms. The van der Waals surface area contributed by atoms with Gasteiger partial charge in [0.25, 0.3) is 5.91 Å². The minimum absolute atomic E-state index is 0.0431. The highest BCUT2D eigenvalue weighted by molar-refractivity contribution is 7.91. The molecule has 3 aromatic rings. The van der Waals surface area contributed by atoms with Crippen LogP contribution in [-0.2, 0) is 25.9 Å². The molecule has 178 valence electrons. The van der Waals surface area contributed by atoms with E-state index in [0.717, 1.165) is 17.0 Å². The van der Waals surface area contributed by atoms with E-state index in [-0.39, 0.29) is 11.5 Å². The number of amides is 1. The van der Waals surface area contributed by atoms with Crippen LogP contribution in [0.5, 0.6) is 0 Å². The van der Waals surface area contributed by atoms with Gasteiger partial charge in [0.05, 0.1) is 23.1 Å². The van der Waals surface area contributed by atoms with Crippen molar-refractivity contribution in [2.24, 2.45) is 0 Å². The van der Waals surface area contributed by atoms with E-state index >= 15 is 0 Å². The van der Waals surface area contributed by atoms with E-state index in [0.29, 0.717) is 24.2 Å². The van der Waals surface area contributed by atoms with Crippen LogP contribution >= 0.6 is 0 Å². The number of carbonyl (C=O) groups excluding carboxylic acids is 2. The minimum atomic E-state index is -3.19. The molecule has 0 spiro atoms. The Kier molecular flexibility index (Phi) is 6.88. The maximum absolute atomic E-state index is 13.1. The number of rotatable bonds is 7. The van der Waals surface area contributed by atoms with Crippen LogP contribution < -0.4 is 4.90 Å². The van der Waals surface area contributed by atoms with Crippen molar-refractivity contribution >= 4 is 27.4 Å². The standard InChI is InChI=1S/C26H28N2O5S/c1-19-15-24(20(2)27(19)16-21-9-5-3-6-10-21)26(30)33-17-25(29)28(22-11-7-4-8-12-22)23-13-14-34(31,32)18-23/h3-12,15,23H,13-14,16-18H2,1-2H3. The molecule has 1 aliphatic heterocycles. The molecule has 0 aliphatic carbocycles. The number of carbonyl (C=O) groups is 2. The Bertz CT molecular complexity index is 1280. The molecule has 2 heterocycles. The summed E-state index contributed by atoms with van der Waals surface area (Å²) in [5, 5.41) is 0. The number of para-hydroxylation sites is 1. The molecule has 1 saturated heterocycles. The van der Waals surface area contributed by atoms with Gasteiger partial charge in [-0.05, 0) is 44.0 Å². The van der Waals surface area contributed by atoms with E-state index in [1.807, 2.05) is 54.8 Å². The Morgan fingerprint density at radius 1 is 1.03 bits per heavy atom. The van der Waals surface area contributed by atoms with E-state index in [1.54, 1.807) is 30.3 Å². The third-order valence-electron chi connectivity index (χ3n) is 6.18. The van der Waals surface area contributed by atoms with Crippen LogP contribution in [0, 0.1) is 13.8 Å². The normalized spacial score (nSPS) is 16.8. The Labute approximate surface area is 199 Å². The van der Waals surface area contributed by atoms with Gasteiger partial charge in [0.1, 0.15) is 0 Å². The summed E-state index contributed by atoms with van der Waals surface area (Å²) < 4.78 is 31.5. The van der Waals surface area contributed by atoms with Crippen molar-refractivity contribution in [2.45, 2.75) is 32.9 Å². The van der Waals surface area contributed by atoms with Gasteiger partial charge in [0.2, 0.25) is 0 Å². The number of nitrogens with zero attached hydrogens (tertiary/aromatic N) is 2. The largest absolute Gasteiger partial charge is 0.452 e. The van der Waals surface area contributed by atoms with E-state index in [2.05, 4.69) is 0 Å². The average Bonchev–Trinajstić information content (AvgIpc) is 3.32. The van der Waals surface area contributed by atoms with Gasteiger partial charge in [-0.25, -0.2) is 13.2 Å². The summed E-state index contributed by atoms with van der Waals surface area (Å²) in [6.07, 6.45) is 0.359. The third kappa shape index (κ3) is 5.22. The smallest absolute Gasteiger partial charge is 0.340 e. The molecule has 0 saturated carbocycles. The lowest BCUT2D eigenvalue weighted by molar-refractivity contribution is -0.122. The molecule has 1 unspecified atom stereocenters. The first-order valence-electron chi connectivity index (χ1n) is 11.2. The summed E-state index contributed by atoms with van der Waals surface area (Å²) in [7, 11) is -3.19. The molecule has 7 nitrogen and oxygen atoms in total. The third-order valence-corrected chi connectivity index (χ3v) is 7.93. The lowest BCUT2D eigenvalue weighted by Gasteiger charge is -2.28. The van der Waals surface area contributed by atoms with Crippen LogP contribution in [0.3, 0.4) is 0 Å². The first-order chi connectivity index (χ1) is 16.2. The number of hydrogen-bond donors (Lipinski definition) is 0. The fraction of sp³-hybridized carbons (Fsp3) is 0.308. The van der Waals surface area contributed by atoms with E-state index < -0.39 is 34.4 Å². The van der Waals surface area contributed by atoms with E-state index in [9.17, 15) is 18.0 Å². The predicted molar refractivity (Wildman–Crippen MR) is 131 cm³/mol.